The minimum absolute atomic E-state index is 0.105. The van der Waals surface area contributed by atoms with Gasteiger partial charge in [0.05, 0.1) is 18.2 Å². The Bertz CT molecular complexity index is 771. The van der Waals surface area contributed by atoms with Gasteiger partial charge < -0.3 is 14.4 Å². The van der Waals surface area contributed by atoms with E-state index in [-0.39, 0.29) is 12.5 Å². The van der Waals surface area contributed by atoms with E-state index in [9.17, 15) is 4.79 Å². The van der Waals surface area contributed by atoms with E-state index in [2.05, 4.69) is 6.07 Å². The van der Waals surface area contributed by atoms with Gasteiger partial charge in [-0.2, -0.15) is 5.26 Å². The van der Waals surface area contributed by atoms with Crippen molar-refractivity contribution in [3.05, 3.63) is 41.6 Å². The van der Waals surface area contributed by atoms with Crippen molar-refractivity contribution in [1.82, 2.24) is 4.90 Å². The maximum absolute atomic E-state index is 12.2. The van der Waals surface area contributed by atoms with Crippen LogP contribution < -0.4 is 4.74 Å². The first kappa shape index (κ1) is 19.0. The molecule has 1 atom stereocenters. The Morgan fingerprint density at radius 2 is 2.00 bits per heavy atom. The summed E-state index contributed by atoms with van der Waals surface area (Å²) in [5.74, 6) is 1.61. The fourth-order valence-corrected chi connectivity index (χ4v) is 3.58. The van der Waals surface area contributed by atoms with Crippen molar-refractivity contribution in [2.45, 2.75) is 45.8 Å². The number of carbonyl (C=O) groups excluding carboxylic acids is 1. The third kappa shape index (κ3) is 4.68. The summed E-state index contributed by atoms with van der Waals surface area (Å²) in [5.41, 5.74) is 1.46. The van der Waals surface area contributed by atoms with E-state index >= 15 is 0 Å². The molecule has 0 bridgehead atoms. The molecule has 1 fully saturated rings. The van der Waals surface area contributed by atoms with Crippen LogP contribution in [0.4, 0.5) is 0 Å². The molecule has 6 heteroatoms. The van der Waals surface area contributed by atoms with Crippen molar-refractivity contribution in [3.8, 4) is 11.8 Å². The molecule has 1 heterocycles. The lowest BCUT2D eigenvalue weighted by molar-refractivity contribution is -0.144. The molecule has 1 unspecified atom stereocenters. The van der Waals surface area contributed by atoms with Crippen molar-refractivity contribution >= 4 is 11.8 Å². The normalized spacial score (nSPS) is 19.9. The number of nitrogens with zero attached hydrogens (tertiary/aromatic N) is 3. The summed E-state index contributed by atoms with van der Waals surface area (Å²) in [5, 5.41) is 8.96. The minimum Gasteiger partial charge on any atom is -0.467 e. The fraction of sp³-hybridized carbons (Fsp3) is 0.476. The Hall–Kier alpha value is -2.81. The minimum atomic E-state index is -0.435. The summed E-state index contributed by atoms with van der Waals surface area (Å²) in [7, 11) is 0. The molecule has 3 rings (SSSR count). The molecule has 0 saturated heterocycles. The van der Waals surface area contributed by atoms with Gasteiger partial charge in [0, 0.05) is 11.6 Å². The summed E-state index contributed by atoms with van der Waals surface area (Å²) >= 11 is 0. The van der Waals surface area contributed by atoms with Crippen LogP contribution in [0, 0.1) is 17.2 Å². The van der Waals surface area contributed by atoms with Crippen LogP contribution in [0.1, 0.15) is 45.1 Å². The first-order valence-corrected chi connectivity index (χ1v) is 9.46. The molecule has 1 saturated carbocycles. The number of esters is 1. The summed E-state index contributed by atoms with van der Waals surface area (Å²) < 4.78 is 11.3. The topological polar surface area (TPSA) is 74.9 Å². The zero-order chi connectivity index (χ0) is 19.2. The van der Waals surface area contributed by atoms with E-state index < -0.39 is 6.23 Å². The second-order valence-electron chi connectivity index (χ2n) is 6.84. The molecule has 1 aliphatic carbocycles. The predicted molar refractivity (Wildman–Crippen MR) is 102 cm³/mol. The van der Waals surface area contributed by atoms with Gasteiger partial charge >= 0.3 is 5.97 Å². The molecule has 0 radical (unpaired) electrons. The standard InChI is InChI=1S/C21H25N3O3/c1-3-26-20(25)14-24-19(27-18-10-8-16(13-22)9-11-18)12-15(2)23-21(24)17-6-4-5-7-17/h8-12,17,19H,3-7,14H2,1-2H3. The van der Waals surface area contributed by atoms with Gasteiger partial charge in [0.15, 0.2) is 6.23 Å². The maximum atomic E-state index is 12.2. The summed E-state index contributed by atoms with van der Waals surface area (Å²) in [6.07, 6.45) is 6.00. The Balaban J connectivity index is 1.84. The van der Waals surface area contributed by atoms with Gasteiger partial charge in [-0.1, -0.05) is 12.8 Å². The van der Waals surface area contributed by atoms with E-state index in [1.165, 1.54) is 12.8 Å². The highest BCUT2D eigenvalue weighted by Crippen LogP contribution is 2.31. The number of allylic oxidation sites excluding steroid dienone is 1. The van der Waals surface area contributed by atoms with Crippen molar-refractivity contribution in [2.75, 3.05) is 13.2 Å². The van der Waals surface area contributed by atoms with Gasteiger partial charge in [-0.3, -0.25) is 4.79 Å². The molecule has 1 aromatic carbocycles. The number of hydrogen-bond donors (Lipinski definition) is 0. The number of ether oxygens (including phenoxy) is 2. The lowest BCUT2D eigenvalue weighted by atomic mass is 10.0. The van der Waals surface area contributed by atoms with E-state index in [0.717, 1.165) is 24.4 Å². The third-order valence-electron chi connectivity index (χ3n) is 4.84. The molecular weight excluding hydrogens is 342 g/mol. The molecule has 0 aromatic heterocycles. The fourth-order valence-electron chi connectivity index (χ4n) is 3.58. The van der Waals surface area contributed by atoms with E-state index in [4.69, 9.17) is 19.7 Å². The smallest absolute Gasteiger partial charge is 0.325 e. The van der Waals surface area contributed by atoms with Crippen LogP contribution in [-0.2, 0) is 9.53 Å². The molecule has 0 amide bonds. The number of amidine groups is 1. The Morgan fingerprint density at radius 1 is 1.30 bits per heavy atom. The first-order valence-electron chi connectivity index (χ1n) is 9.46. The monoisotopic (exact) mass is 367 g/mol. The molecule has 27 heavy (non-hydrogen) atoms. The van der Waals surface area contributed by atoms with Crippen molar-refractivity contribution in [2.24, 2.45) is 10.9 Å². The first-order chi connectivity index (χ1) is 13.1. The van der Waals surface area contributed by atoms with Crippen LogP contribution in [0.2, 0.25) is 0 Å². The van der Waals surface area contributed by atoms with Gasteiger partial charge in [-0.15, -0.1) is 0 Å². The van der Waals surface area contributed by atoms with Gasteiger partial charge in [0.2, 0.25) is 0 Å². The molecule has 0 N–H and O–H groups in total. The van der Waals surface area contributed by atoms with Crippen LogP contribution >= 0.6 is 0 Å². The van der Waals surface area contributed by atoms with Gasteiger partial charge in [-0.25, -0.2) is 4.99 Å². The number of hydrogen-bond acceptors (Lipinski definition) is 6. The lowest BCUT2D eigenvalue weighted by Crippen LogP contribution is -2.49. The van der Waals surface area contributed by atoms with Crippen LogP contribution in [0.5, 0.6) is 5.75 Å². The van der Waals surface area contributed by atoms with E-state index in [1.807, 2.05) is 17.9 Å². The molecule has 6 nitrogen and oxygen atoms in total. The highest BCUT2D eigenvalue weighted by Gasteiger charge is 2.34. The quantitative estimate of drug-likeness (QED) is 0.718. The SMILES string of the molecule is CCOC(=O)CN1C(C2CCCC2)=NC(C)=CC1Oc1ccc(C#N)cc1. The van der Waals surface area contributed by atoms with E-state index in [1.54, 1.807) is 31.2 Å². The second kappa shape index (κ2) is 8.72. The number of carbonyl (C=O) groups is 1. The maximum Gasteiger partial charge on any atom is 0.325 e. The largest absolute Gasteiger partial charge is 0.467 e. The summed E-state index contributed by atoms with van der Waals surface area (Å²) in [6, 6.07) is 9.08. The van der Waals surface area contributed by atoms with Crippen LogP contribution in [0.3, 0.4) is 0 Å². The van der Waals surface area contributed by atoms with Gasteiger partial charge in [-0.05, 0) is 57.0 Å². The summed E-state index contributed by atoms with van der Waals surface area (Å²) in [6.45, 7) is 4.20. The average Bonchev–Trinajstić information content (AvgIpc) is 3.19. The van der Waals surface area contributed by atoms with Gasteiger partial charge in [0.25, 0.3) is 0 Å². The number of aliphatic imine (C=N–C) groups is 1. The molecule has 0 spiro atoms. The van der Waals surface area contributed by atoms with Crippen LogP contribution in [0.15, 0.2) is 41.0 Å². The Morgan fingerprint density at radius 3 is 2.63 bits per heavy atom. The third-order valence-corrected chi connectivity index (χ3v) is 4.84. The van der Waals surface area contributed by atoms with Crippen LogP contribution in [-0.4, -0.2) is 36.1 Å². The number of benzene rings is 1. The predicted octanol–water partition coefficient (Wildman–Crippen LogP) is 3.63. The number of rotatable bonds is 6. The van der Waals surface area contributed by atoms with Crippen molar-refractivity contribution in [1.29, 1.82) is 5.26 Å². The highest BCUT2D eigenvalue weighted by molar-refractivity contribution is 5.90. The summed E-state index contributed by atoms with van der Waals surface area (Å²) in [4.78, 5) is 18.9. The van der Waals surface area contributed by atoms with Gasteiger partial charge in [0.1, 0.15) is 18.1 Å². The number of nitriles is 1. The molecule has 1 aromatic rings. The highest BCUT2D eigenvalue weighted by atomic mass is 16.5. The van der Waals surface area contributed by atoms with Crippen molar-refractivity contribution < 1.29 is 14.3 Å². The van der Waals surface area contributed by atoms with E-state index in [0.29, 0.717) is 23.8 Å². The molecule has 2 aliphatic rings. The second-order valence-corrected chi connectivity index (χ2v) is 6.84. The molecular formula is C21H25N3O3. The average molecular weight is 367 g/mol. The lowest BCUT2D eigenvalue weighted by Gasteiger charge is -2.36. The Kier molecular flexibility index (Phi) is 6.12. The zero-order valence-corrected chi connectivity index (χ0v) is 15.9. The van der Waals surface area contributed by atoms with Crippen LogP contribution in [0.25, 0.3) is 0 Å². The Labute approximate surface area is 160 Å². The molecule has 1 aliphatic heterocycles. The van der Waals surface area contributed by atoms with Crippen molar-refractivity contribution in [3.63, 3.8) is 0 Å². The molecule has 142 valence electrons. The zero-order valence-electron chi connectivity index (χ0n) is 15.9.